The van der Waals surface area contributed by atoms with Crippen LogP contribution in [0.25, 0.3) is 0 Å². The van der Waals surface area contributed by atoms with E-state index in [1.165, 1.54) is 21.9 Å². The van der Waals surface area contributed by atoms with Crippen molar-refractivity contribution >= 4 is 50.9 Å². The first kappa shape index (κ1) is 29.2. The zero-order valence-electron chi connectivity index (χ0n) is 21.9. The lowest BCUT2D eigenvalue weighted by Crippen LogP contribution is -2.57. The first-order valence-electron chi connectivity index (χ1n) is 13.2. The molecule has 3 fully saturated rings. The first-order chi connectivity index (χ1) is 19.4. The molecule has 0 unspecified atom stereocenters. The second-order valence-corrected chi connectivity index (χ2v) is 13.9. The number of amides is 3. The summed E-state index contributed by atoms with van der Waals surface area (Å²) < 4.78 is 27.5. The Labute approximate surface area is 247 Å². The van der Waals surface area contributed by atoms with Crippen LogP contribution in [0.5, 0.6) is 0 Å². The molecule has 2 aliphatic heterocycles. The fourth-order valence-electron chi connectivity index (χ4n) is 5.81. The van der Waals surface area contributed by atoms with Crippen molar-refractivity contribution in [2.75, 3.05) is 19.6 Å². The van der Waals surface area contributed by atoms with Crippen molar-refractivity contribution in [2.45, 2.75) is 59.2 Å². The zero-order valence-corrected chi connectivity index (χ0v) is 24.3. The van der Waals surface area contributed by atoms with Crippen LogP contribution < -0.4 is 5.32 Å². The Hall–Kier alpha value is -3.33. The van der Waals surface area contributed by atoms with E-state index in [0.29, 0.717) is 23.4 Å². The van der Waals surface area contributed by atoms with Crippen molar-refractivity contribution in [3.8, 4) is 6.07 Å². The monoisotopic (exact) mass is 618 g/mol. The number of hydrogen-bond acceptors (Lipinski definition) is 6. The molecule has 216 valence electrons. The van der Waals surface area contributed by atoms with Gasteiger partial charge in [-0.15, -0.1) is 0 Å². The highest BCUT2D eigenvalue weighted by atomic mass is 35.5. The largest absolute Gasteiger partial charge is 0.465 e. The van der Waals surface area contributed by atoms with E-state index >= 15 is 0 Å². The normalized spacial score (nSPS) is 23.0. The third kappa shape index (κ3) is 5.36. The van der Waals surface area contributed by atoms with E-state index < -0.39 is 50.0 Å². The first-order valence-corrected chi connectivity index (χ1v) is 15.5. The summed E-state index contributed by atoms with van der Waals surface area (Å²) in [6, 6.07) is 13.6. The second-order valence-electron chi connectivity index (χ2n) is 10.8. The molecule has 0 radical (unpaired) electrons. The van der Waals surface area contributed by atoms with Crippen molar-refractivity contribution in [3.63, 3.8) is 0 Å². The molecule has 0 spiro atoms. The number of likely N-dealkylation sites (tertiary alicyclic amines) is 2. The third-order valence-corrected chi connectivity index (χ3v) is 11.3. The van der Waals surface area contributed by atoms with Gasteiger partial charge >= 0.3 is 6.09 Å². The van der Waals surface area contributed by atoms with Crippen molar-refractivity contribution in [2.24, 2.45) is 0 Å². The highest BCUT2D eigenvalue weighted by Crippen LogP contribution is 2.42. The Balaban J connectivity index is 1.54. The number of carbonyl (C=O) groups is 3. The number of benzene rings is 2. The number of rotatable bonds is 6. The second kappa shape index (κ2) is 10.8. The van der Waals surface area contributed by atoms with E-state index in [-0.39, 0.29) is 48.8 Å². The summed E-state index contributed by atoms with van der Waals surface area (Å²) >= 11 is 12.4. The fourth-order valence-corrected chi connectivity index (χ4v) is 8.15. The van der Waals surface area contributed by atoms with Gasteiger partial charge in [0.1, 0.15) is 11.6 Å². The number of nitriles is 1. The molecule has 13 heteroatoms. The van der Waals surface area contributed by atoms with Crippen LogP contribution in [-0.2, 0) is 24.8 Å². The van der Waals surface area contributed by atoms with Gasteiger partial charge in [0.2, 0.25) is 11.8 Å². The van der Waals surface area contributed by atoms with Crippen LogP contribution in [-0.4, -0.2) is 77.7 Å². The Bertz CT molecular complexity index is 1530. The topological polar surface area (TPSA) is 148 Å². The molecule has 3 aliphatic rings. The molecule has 2 aromatic carbocycles. The average molecular weight is 620 g/mol. The van der Waals surface area contributed by atoms with Crippen molar-refractivity contribution in [3.05, 3.63) is 64.1 Å². The summed E-state index contributed by atoms with van der Waals surface area (Å²) in [4.78, 5) is 42.3. The number of sulfone groups is 1. The van der Waals surface area contributed by atoms with Gasteiger partial charge in [-0.3, -0.25) is 9.59 Å². The van der Waals surface area contributed by atoms with Gasteiger partial charge in [-0.25, -0.2) is 13.2 Å². The highest BCUT2D eigenvalue weighted by Gasteiger charge is 2.54. The van der Waals surface area contributed by atoms with E-state index in [1.807, 2.05) is 0 Å². The molecule has 0 aromatic heterocycles. The van der Waals surface area contributed by atoms with Gasteiger partial charge in [0.05, 0.1) is 26.7 Å². The third-order valence-electron chi connectivity index (χ3n) is 8.43. The quantitative estimate of drug-likeness (QED) is 0.502. The van der Waals surface area contributed by atoms with Crippen LogP contribution >= 0.6 is 23.2 Å². The van der Waals surface area contributed by atoms with E-state index in [0.717, 1.165) is 0 Å². The van der Waals surface area contributed by atoms with Gasteiger partial charge in [0.15, 0.2) is 9.84 Å². The molecule has 41 heavy (non-hydrogen) atoms. The van der Waals surface area contributed by atoms with E-state index in [2.05, 4.69) is 11.4 Å². The van der Waals surface area contributed by atoms with Crippen molar-refractivity contribution in [1.29, 1.82) is 5.26 Å². The summed E-state index contributed by atoms with van der Waals surface area (Å²) in [5.41, 5.74) is -1.64. The lowest BCUT2D eigenvalue weighted by atomic mass is 9.71. The highest BCUT2D eigenvalue weighted by molar-refractivity contribution is 7.92. The molecule has 2 atom stereocenters. The molecular formula is C28H28Cl2N4O6S. The standard InChI is InChI=1S/C28H28Cl2N4O6S/c29-19-7-5-18(6-8-19)28(11-13-33(14-12-28)26(37)38)25(36)34-16-20(41(39,40)23-4-2-1-3-21(23)30)15-22(34)24(35)32-27(17-31)9-10-27/h1-8,20,22H,9-16H2,(H,32,35)(H,37,38)/t20-,22+/m1/s1. The average Bonchev–Trinajstić information content (AvgIpc) is 3.57. The molecular weight excluding hydrogens is 591 g/mol. The minimum absolute atomic E-state index is 0.0402. The molecule has 3 amide bonds. The van der Waals surface area contributed by atoms with Crippen LogP contribution in [0.2, 0.25) is 10.0 Å². The lowest BCUT2D eigenvalue weighted by Gasteiger charge is -2.43. The van der Waals surface area contributed by atoms with Gasteiger partial charge in [0.25, 0.3) is 0 Å². The molecule has 2 saturated heterocycles. The van der Waals surface area contributed by atoms with Crippen LogP contribution in [0.4, 0.5) is 4.79 Å². The Morgan fingerprint density at radius 1 is 1.00 bits per heavy atom. The maximum Gasteiger partial charge on any atom is 0.407 e. The number of carboxylic acid groups (broad SMARTS) is 1. The summed E-state index contributed by atoms with van der Waals surface area (Å²) in [5.74, 6) is -1.06. The molecule has 2 N–H and O–H groups in total. The summed E-state index contributed by atoms with van der Waals surface area (Å²) in [6.45, 7) is -0.109. The van der Waals surface area contributed by atoms with Crippen LogP contribution in [0.15, 0.2) is 53.4 Å². The van der Waals surface area contributed by atoms with Crippen LogP contribution in [0.3, 0.4) is 0 Å². The number of carbonyl (C=O) groups excluding carboxylic acids is 2. The minimum atomic E-state index is -4.05. The van der Waals surface area contributed by atoms with Gasteiger partial charge in [-0.1, -0.05) is 47.5 Å². The maximum atomic E-state index is 14.6. The van der Waals surface area contributed by atoms with E-state index in [4.69, 9.17) is 23.2 Å². The SMILES string of the molecule is N#CC1(NC(=O)[C@@H]2C[C@@H](S(=O)(=O)c3ccccc3Cl)CN2C(=O)C2(c3ccc(Cl)cc3)CCN(C(=O)O)CC2)CC1. The fraction of sp³-hybridized carbons (Fsp3) is 0.429. The van der Waals surface area contributed by atoms with Gasteiger partial charge in [-0.2, -0.15) is 5.26 Å². The predicted molar refractivity (Wildman–Crippen MR) is 150 cm³/mol. The Kier molecular flexibility index (Phi) is 7.70. The summed E-state index contributed by atoms with van der Waals surface area (Å²) in [6.07, 6.45) is -0.0697. The zero-order chi connectivity index (χ0) is 29.6. The molecule has 0 bridgehead atoms. The lowest BCUT2D eigenvalue weighted by molar-refractivity contribution is -0.144. The summed E-state index contributed by atoms with van der Waals surface area (Å²) in [7, 11) is -4.05. The smallest absolute Gasteiger partial charge is 0.407 e. The molecule has 2 aromatic rings. The number of piperidine rings is 1. The van der Waals surface area contributed by atoms with E-state index in [9.17, 15) is 33.2 Å². The Morgan fingerprint density at radius 2 is 1.63 bits per heavy atom. The Morgan fingerprint density at radius 3 is 2.20 bits per heavy atom. The molecule has 5 rings (SSSR count). The van der Waals surface area contributed by atoms with Gasteiger partial charge < -0.3 is 20.2 Å². The summed E-state index contributed by atoms with van der Waals surface area (Å²) in [5, 5.41) is 21.2. The molecule has 1 aliphatic carbocycles. The molecule has 1 saturated carbocycles. The number of hydrogen-bond donors (Lipinski definition) is 2. The van der Waals surface area contributed by atoms with Crippen molar-refractivity contribution < 1.29 is 27.9 Å². The number of nitrogens with one attached hydrogen (secondary N) is 1. The maximum absolute atomic E-state index is 14.6. The van der Waals surface area contributed by atoms with Crippen LogP contribution in [0, 0.1) is 11.3 Å². The van der Waals surface area contributed by atoms with Crippen LogP contribution in [0.1, 0.15) is 37.7 Å². The number of halogens is 2. The minimum Gasteiger partial charge on any atom is -0.465 e. The van der Waals surface area contributed by atoms with E-state index in [1.54, 1.807) is 36.4 Å². The van der Waals surface area contributed by atoms with Crippen molar-refractivity contribution in [1.82, 2.24) is 15.1 Å². The number of nitrogens with zero attached hydrogens (tertiary/aromatic N) is 3. The molecule has 2 heterocycles. The van der Waals surface area contributed by atoms with Gasteiger partial charge in [0, 0.05) is 24.7 Å². The predicted octanol–water partition coefficient (Wildman–Crippen LogP) is 3.62. The molecule has 10 nitrogen and oxygen atoms in total. The van der Waals surface area contributed by atoms with Gasteiger partial charge in [-0.05, 0) is 61.9 Å².